The number of hydrogen-bond donors (Lipinski definition) is 2. The van der Waals surface area contributed by atoms with Gasteiger partial charge in [0, 0.05) is 6.04 Å². The van der Waals surface area contributed by atoms with Crippen molar-refractivity contribution >= 4 is 16.0 Å². The summed E-state index contributed by atoms with van der Waals surface area (Å²) in [5, 5.41) is 8.12. The summed E-state index contributed by atoms with van der Waals surface area (Å²) in [4.78, 5) is 10.8. The Balaban J connectivity index is 1.99. The van der Waals surface area contributed by atoms with Gasteiger partial charge in [-0.3, -0.25) is 4.79 Å². The molecular formula is C11H17NO4S. The number of sulfonamides is 1. The van der Waals surface area contributed by atoms with Crippen molar-refractivity contribution in [3.63, 3.8) is 0 Å². The highest BCUT2D eigenvalue weighted by atomic mass is 32.2. The monoisotopic (exact) mass is 259 g/mol. The molecule has 0 aromatic carbocycles. The van der Waals surface area contributed by atoms with Crippen molar-refractivity contribution < 1.29 is 18.3 Å². The van der Waals surface area contributed by atoms with Gasteiger partial charge in [0.1, 0.15) is 0 Å². The van der Waals surface area contributed by atoms with Crippen molar-refractivity contribution in [3.05, 3.63) is 12.2 Å². The molecule has 1 saturated carbocycles. The van der Waals surface area contributed by atoms with Crippen molar-refractivity contribution in [2.75, 3.05) is 0 Å². The molecule has 2 aliphatic rings. The zero-order valence-corrected chi connectivity index (χ0v) is 10.3. The number of hydrogen-bond acceptors (Lipinski definition) is 3. The van der Waals surface area contributed by atoms with E-state index in [1.165, 1.54) is 0 Å². The fourth-order valence-electron chi connectivity index (χ4n) is 2.34. The molecule has 0 aromatic rings. The van der Waals surface area contributed by atoms with Gasteiger partial charge in [-0.25, -0.2) is 13.1 Å². The molecule has 0 saturated heterocycles. The standard InChI is InChI=1S/C11H17NO4S/c13-11(14)9-6-7-10(9)17(15,16)12-8-4-2-1-3-5-8/h1-2,8-10,12H,3-7H2,(H,13,14). The first kappa shape index (κ1) is 12.6. The number of carbonyl (C=O) groups is 1. The van der Waals surface area contributed by atoms with E-state index in [1.54, 1.807) is 0 Å². The summed E-state index contributed by atoms with van der Waals surface area (Å²) in [7, 11) is -3.48. The van der Waals surface area contributed by atoms with E-state index in [1.807, 2.05) is 12.2 Å². The zero-order chi connectivity index (χ0) is 12.5. The predicted molar refractivity (Wildman–Crippen MR) is 63.0 cm³/mol. The van der Waals surface area contributed by atoms with Crippen molar-refractivity contribution in [3.8, 4) is 0 Å². The number of carboxylic acid groups (broad SMARTS) is 1. The van der Waals surface area contributed by atoms with Crippen molar-refractivity contribution in [1.29, 1.82) is 0 Å². The summed E-state index contributed by atoms with van der Waals surface area (Å²) in [5.41, 5.74) is 0. The molecule has 3 atom stereocenters. The highest BCUT2D eigenvalue weighted by Crippen LogP contribution is 2.33. The Morgan fingerprint density at radius 3 is 2.47 bits per heavy atom. The van der Waals surface area contributed by atoms with E-state index in [2.05, 4.69) is 4.72 Å². The smallest absolute Gasteiger partial charge is 0.307 e. The van der Waals surface area contributed by atoms with Gasteiger partial charge in [0.2, 0.25) is 10.0 Å². The summed E-state index contributed by atoms with van der Waals surface area (Å²) in [6, 6.07) is -0.0694. The van der Waals surface area contributed by atoms with Crippen LogP contribution in [0.25, 0.3) is 0 Å². The Hall–Kier alpha value is -0.880. The van der Waals surface area contributed by atoms with Gasteiger partial charge in [0.25, 0.3) is 0 Å². The Kier molecular flexibility index (Phi) is 3.53. The predicted octanol–water partition coefficient (Wildman–Crippen LogP) is 0.878. The summed E-state index contributed by atoms with van der Waals surface area (Å²) in [5.74, 6) is -1.73. The molecule has 0 radical (unpaired) electrons. The molecule has 0 aromatic heterocycles. The average molecular weight is 259 g/mol. The third-order valence-electron chi connectivity index (χ3n) is 3.53. The Bertz CT molecular complexity index is 429. The maximum absolute atomic E-state index is 12.0. The van der Waals surface area contributed by atoms with Gasteiger partial charge in [0.15, 0.2) is 0 Å². The van der Waals surface area contributed by atoms with Crippen LogP contribution in [0.4, 0.5) is 0 Å². The van der Waals surface area contributed by atoms with Crippen LogP contribution < -0.4 is 4.72 Å². The summed E-state index contributed by atoms with van der Waals surface area (Å²) >= 11 is 0. The van der Waals surface area contributed by atoms with E-state index in [0.717, 1.165) is 12.8 Å². The molecule has 96 valence electrons. The van der Waals surface area contributed by atoms with E-state index >= 15 is 0 Å². The summed E-state index contributed by atoms with van der Waals surface area (Å²) in [6.45, 7) is 0. The van der Waals surface area contributed by atoms with Gasteiger partial charge in [-0.15, -0.1) is 0 Å². The minimum absolute atomic E-state index is 0.0694. The van der Waals surface area contributed by atoms with E-state index in [9.17, 15) is 13.2 Å². The van der Waals surface area contributed by atoms with E-state index in [4.69, 9.17) is 5.11 Å². The van der Waals surface area contributed by atoms with Gasteiger partial charge in [0.05, 0.1) is 11.2 Å². The van der Waals surface area contributed by atoms with Gasteiger partial charge >= 0.3 is 5.97 Å². The molecule has 1 fully saturated rings. The molecule has 6 heteroatoms. The van der Waals surface area contributed by atoms with Crippen LogP contribution in [0.15, 0.2) is 12.2 Å². The van der Waals surface area contributed by atoms with Crippen LogP contribution in [0, 0.1) is 5.92 Å². The maximum Gasteiger partial charge on any atom is 0.307 e. The molecule has 0 aliphatic heterocycles. The minimum atomic E-state index is -3.48. The molecule has 2 N–H and O–H groups in total. The fraction of sp³-hybridized carbons (Fsp3) is 0.727. The second kappa shape index (κ2) is 4.78. The first-order valence-electron chi connectivity index (χ1n) is 5.89. The molecule has 0 heterocycles. The number of allylic oxidation sites excluding steroid dienone is 1. The second-order valence-corrected chi connectivity index (χ2v) is 6.64. The van der Waals surface area contributed by atoms with E-state index in [-0.39, 0.29) is 6.04 Å². The molecule has 0 bridgehead atoms. The first-order chi connectivity index (χ1) is 8.00. The number of nitrogens with one attached hydrogen (secondary N) is 1. The topological polar surface area (TPSA) is 83.5 Å². The SMILES string of the molecule is O=C(O)C1CCC1S(=O)(=O)NC1CC=CCC1. The van der Waals surface area contributed by atoms with Gasteiger partial charge in [-0.2, -0.15) is 0 Å². The Morgan fingerprint density at radius 2 is 2.00 bits per heavy atom. The molecule has 17 heavy (non-hydrogen) atoms. The Morgan fingerprint density at radius 1 is 1.24 bits per heavy atom. The maximum atomic E-state index is 12.0. The number of carboxylic acids is 1. The summed E-state index contributed by atoms with van der Waals surface area (Å²) in [6.07, 6.45) is 7.28. The lowest BCUT2D eigenvalue weighted by atomic mass is 9.85. The van der Waals surface area contributed by atoms with Gasteiger partial charge in [-0.05, 0) is 32.1 Å². The van der Waals surface area contributed by atoms with Crippen molar-refractivity contribution in [1.82, 2.24) is 4.72 Å². The highest BCUT2D eigenvalue weighted by molar-refractivity contribution is 7.90. The molecule has 2 aliphatic carbocycles. The molecule has 0 spiro atoms. The third kappa shape index (κ3) is 2.69. The lowest BCUT2D eigenvalue weighted by Crippen LogP contribution is -2.50. The van der Waals surface area contributed by atoms with E-state index < -0.39 is 27.2 Å². The van der Waals surface area contributed by atoms with Crippen LogP contribution in [-0.4, -0.2) is 30.8 Å². The average Bonchev–Trinajstić information content (AvgIpc) is 2.14. The van der Waals surface area contributed by atoms with Crippen LogP contribution in [0.3, 0.4) is 0 Å². The van der Waals surface area contributed by atoms with Crippen LogP contribution in [0.2, 0.25) is 0 Å². The zero-order valence-electron chi connectivity index (χ0n) is 9.50. The van der Waals surface area contributed by atoms with Crippen LogP contribution in [-0.2, 0) is 14.8 Å². The number of aliphatic carboxylic acids is 1. The molecule has 5 nitrogen and oxygen atoms in total. The van der Waals surface area contributed by atoms with Gasteiger partial charge < -0.3 is 5.11 Å². The first-order valence-corrected chi connectivity index (χ1v) is 7.44. The highest BCUT2D eigenvalue weighted by Gasteiger charge is 2.45. The molecule has 2 rings (SSSR count). The van der Waals surface area contributed by atoms with Crippen LogP contribution in [0.5, 0.6) is 0 Å². The number of rotatable bonds is 4. The van der Waals surface area contributed by atoms with Crippen molar-refractivity contribution in [2.24, 2.45) is 5.92 Å². The lowest BCUT2D eigenvalue weighted by molar-refractivity contribution is -0.144. The Labute approximate surface area is 101 Å². The molecular weight excluding hydrogens is 242 g/mol. The lowest BCUT2D eigenvalue weighted by Gasteiger charge is -2.34. The largest absolute Gasteiger partial charge is 0.481 e. The third-order valence-corrected chi connectivity index (χ3v) is 5.55. The van der Waals surface area contributed by atoms with Gasteiger partial charge in [-0.1, -0.05) is 12.2 Å². The quantitative estimate of drug-likeness (QED) is 0.734. The van der Waals surface area contributed by atoms with Crippen molar-refractivity contribution in [2.45, 2.75) is 43.4 Å². The van der Waals surface area contributed by atoms with Crippen LogP contribution >= 0.6 is 0 Å². The molecule has 3 unspecified atom stereocenters. The fourth-order valence-corrected chi connectivity index (χ4v) is 4.33. The second-order valence-electron chi connectivity index (χ2n) is 4.70. The normalized spacial score (nSPS) is 33.1. The minimum Gasteiger partial charge on any atom is -0.481 e. The van der Waals surface area contributed by atoms with Crippen LogP contribution in [0.1, 0.15) is 32.1 Å². The molecule has 0 amide bonds. The summed E-state index contributed by atoms with van der Waals surface area (Å²) < 4.78 is 26.6. The van der Waals surface area contributed by atoms with E-state index in [0.29, 0.717) is 19.3 Å².